The maximum Gasteiger partial charge on any atom is 0.137 e. The molecular formula is C19H23NO. The maximum absolute atomic E-state index is 6.25. The topological polar surface area (TPSA) is 25.2 Å². The molecule has 1 N–H and O–H groups in total. The van der Waals surface area contributed by atoms with Crippen LogP contribution in [0, 0.1) is 36.5 Å². The van der Waals surface area contributed by atoms with Crippen molar-refractivity contribution in [3.8, 4) is 0 Å². The summed E-state index contributed by atoms with van der Waals surface area (Å²) >= 11 is 0. The van der Waals surface area contributed by atoms with E-state index in [0.29, 0.717) is 6.04 Å². The molecule has 3 aliphatic carbocycles. The summed E-state index contributed by atoms with van der Waals surface area (Å²) in [6, 6.07) is 9.10. The Labute approximate surface area is 125 Å². The summed E-state index contributed by atoms with van der Waals surface area (Å²) in [5.41, 5.74) is 2.31. The molecule has 0 saturated heterocycles. The summed E-state index contributed by atoms with van der Waals surface area (Å²) < 4.78 is 6.25. The Bertz CT molecular complexity index is 687. The lowest BCUT2D eigenvalue weighted by atomic mass is 9.96. The largest absolute Gasteiger partial charge is 0.459 e. The Morgan fingerprint density at radius 1 is 1.19 bits per heavy atom. The Balaban J connectivity index is 1.51. The predicted octanol–water partition coefficient (Wildman–Crippen LogP) is 4.29. The summed E-state index contributed by atoms with van der Waals surface area (Å²) in [5, 5.41) is 4.81. The van der Waals surface area contributed by atoms with Crippen molar-refractivity contribution in [3.05, 3.63) is 35.6 Å². The van der Waals surface area contributed by atoms with Crippen LogP contribution < -0.4 is 5.32 Å². The second-order valence-electron chi connectivity index (χ2n) is 7.47. The van der Waals surface area contributed by atoms with Crippen LogP contribution in [-0.4, -0.2) is 7.05 Å². The zero-order valence-corrected chi connectivity index (χ0v) is 12.8. The van der Waals surface area contributed by atoms with Gasteiger partial charge in [0.15, 0.2) is 0 Å². The highest BCUT2D eigenvalue weighted by Crippen LogP contribution is 2.72. The first-order chi connectivity index (χ1) is 10.3. The van der Waals surface area contributed by atoms with E-state index in [9.17, 15) is 0 Å². The van der Waals surface area contributed by atoms with Gasteiger partial charge in [-0.3, -0.25) is 0 Å². The van der Waals surface area contributed by atoms with Crippen molar-refractivity contribution in [2.75, 3.05) is 7.05 Å². The van der Waals surface area contributed by atoms with Crippen molar-refractivity contribution in [1.29, 1.82) is 0 Å². The third-order valence-electron chi connectivity index (χ3n) is 6.56. The lowest BCUT2D eigenvalue weighted by molar-refractivity contribution is 0.345. The van der Waals surface area contributed by atoms with E-state index in [-0.39, 0.29) is 0 Å². The summed E-state index contributed by atoms with van der Waals surface area (Å²) in [6.07, 6.45) is 4.48. The third-order valence-corrected chi connectivity index (χ3v) is 6.56. The Kier molecular flexibility index (Phi) is 2.42. The van der Waals surface area contributed by atoms with Gasteiger partial charge in [0, 0.05) is 5.39 Å². The van der Waals surface area contributed by atoms with Crippen LogP contribution in [0.25, 0.3) is 11.0 Å². The Hall–Kier alpha value is -1.28. The average molecular weight is 281 g/mol. The smallest absolute Gasteiger partial charge is 0.137 e. The summed E-state index contributed by atoms with van der Waals surface area (Å²) in [6.45, 7) is 2.14. The summed E-state index contributed by atoms with van der Waals surface area (Å²) in [4.78, 5) is 0. The molecule has 1 aromatic heterocycles. The van der Waals surface area contributed by atoms with Crippen molar-refractivity contribution >= 4 is 11.0 Å². The quantitative estimate of drug-likeness (QED) is 0.907. The van der Waals surface area contributed by atoms with Gasteiger partial charge in [0.05, 0.1) is 6.04 Å². The summed E-state index contributed by atoms with van der Waals surface area (Å²) in [7, 11) is 2.10. The maximum atomic E-state index is 6.25. The second-order valence-corrected chi connectivity index (χ2v) is 7.47. The van der Waals surface area contributed by atoms with E-state index in [2.05, 4.69) is 43.6 Å². The minimum Gasteiger partial charge on any atom is -0.459 e. The average Bonchev–Trinajstić information content (AvgIpc) is 2.86. The van der Waals surface area contributed by atoms with Crippen LogP contribution in [0.1, 0.15) is 36.6 Å². The molecule has 2 bridgehead atoms. The van der Waals surface area contributed by atoms with Gasteiger partial charge in [0.2, 0.25) is 0 Å². The number of furan rings is 1. The van der Waals surface area contributed by atoms with Gasteiger partial charge in [-0.2, -0.15) is 0 Å². The molecule has 2 heteroatoms. The second kappa shape index (κ2) is 4.13. The predicted molar refractivity (Wildman–Crippen MR) is 84.1 cm³/mol. The molecule has 3 saturated carbocycles. The van der Waals surface area contributed by atoms with E-state index in [4.69, 9.17) is 4.42 Å². The molecule has 1 heterocycles. The van der Waals surface area contributed by atoms with Crippen LogP contribution in [0.5, 0.6) is 0 Å². The molecule has 0 radical (unpaired) electrons. The molecular weight excluding hydrogens is 258 g/mol. The third kappa shape index (κ3) is 1.57. The molecule has 0 aliphatic heterocycles. The number of aryl methyl sites for hydroxylation is 1. The first kappa shape index (κ1) is 12.3. The van der Waals surface area contributed by atoms with Crippen LogP contribution >= 0.6 is 0 Å². The van der Waals surface area contributed by atoms with Crippen LogP contribution in [-0.2, 0) is 0 Å². The molecule has 110 valence electrons. The highest BCUT2D eigenvalue weighted by atomic mass is 16.3. The number of rotatable bonds is 3. The highest BCUT2D eigenvalue weighted by molar-refractivity contribution is 5.81. The van der Waals surface area contributed by atoms with Crippen LogP contribution in [0.2, 0.25) is 0 Å². The number of hydrogen-bond acceptors (Lipinski definition) is 2. The number of fused-ring (bicyclic) bond motifs is 6. The highest BCUT2D eigenvalue weighted by Gasteiger charge is 2.67. The SMILES string of the molecule is CNC(c1cc2cccc(C)c2o1)C1C2C3CCC(C3)C21. The number of benzene rings is 1. The zero-order valence-electron chi connectivity index (χ0n) is 12.8. The van der Waals surface area contributed by atoms with Crippen LogP contribution in [0.15, 0.2) is 28.7 Å². The van der Waals surface area contributed by atoms with Gasteiger partial charge < -0.3 is 9.73 Å². The standard InChI is InChI=1S/C19H23NO/c1-10-4-3-5-13-9-14(21-19(10)13)18(20-2)17-15-11-6-7-12(8-11)16(15)17/h3-5,9,11-12,15-18,20H,6-8H2,1-2H3. The Morgan fingerprint density at radius 3 is 2.62 bits per heavy atom. The van der Waals surface area contributed by atoms with Crippen LogP contribution in [0.4, 0.5) is 0 Å². The fraction of sp³-hybridized carbons (Fsp3) is 0.579. The van der Waals surface area contributed by atoms with Gasteiger partial charge in [-0.1, -0.05) is 18.2 Å². The van der Waals surface area contributed by atoms with Crippen molar-refractivity contribution in [2.24, 2.45) is 29.6 Å². The minimum absolute atomic E-state index is 0.412. The van der Waals surface area contributed by atoms with E-state index >= 15 is 0 Å². The number of para-hydroxylation sites is 1. The first-order valence-corrected chi connectivity index (χ1v) is 8.44. The van der Waals surface area contributed by atoms with E-state index in [1.807, 2.05) is 0 Å². The van der Waals surface area contributed by atoms with Gasteiger partial charge in [-0.15, -0.1) is 0 Å². The molecule has 0 spiro atoms. The molecule has 21 heavy (non-hydrogen) atoms. The Morgan fingerprint density at radius 2 is 1.95 bits per heavy atom. The molecule has 3 fully saturated rings. The fourth-order valence-corrected chi connectivity index (χ4v) is 5.74. The van der Waals surface area contributed by atoms with E-state index in [1.54, 1.807) is 0 Å². The molecule has 2 nitrogen and oxygen atoms in total. The minimum atomic E-state index is 0.412. The van der Waals surface area contributed by atoms with E-state index < -0.39 is 0 Å². The molecule has 5 atom stereocenters. The van der Waals surface area contributed by atoms with Gasteiger partial charge in [0.1, 0.15) is 11.3 Å². The van der Waals surface area contributed by atoms with E-state index in [1.165, 1.54) is 30.2 Å². The van der Waals surface area contributed by atoms with Crippen LogP contribution in [0.3, 0.4) is 0 Å². The molecule has 2 aromatic rings. The van der Waals surface area contributed by atoms with Crippen molar-refractivity contribution < 1.29 is 4.42 Å². The van der Waals surface area contributed by atoms with Gasteiger partial charge >= 0.3 is 0 Å². The molecule has 3 aliphatic rings. The molecule has 5 rings (SSSR count). The van der Waals surface area contributed by atoms with Crippen molar-refractivity contribution in [3.63, 3.8) is 0 Å². The zero-order chi connectivity index (χ0) is 14.1. The number of nitrogens with one attached hydrogen (secondary N) is 1. The first-order valence-electron chi connectivity index (χ1n) is 8.44. The lowest BCUT2D eigenvalue weighted by Crippen LogP contribution is -2.21. The van der Waals surface area contributed by atoms with Crippen molar-refractivity contribution in [2.45, 2.75) is 32.2 Å². The summed E-state index contributed by atoms with van der Waals surface area (Å²) in [5.74, 6) is 5.98. The molecule has 0 amide bonds. The van der Waals surface area contributed by atoms with Crippen molar-refractivity contribution in [1.82, 2.24) is 5.32 Å². The van der Waals surface area contributed by atoms with Gasteiger partial charge in [0.25, 0.3) is 0 Å². The van der Waals surface area contributed by atoms with E-state index in [0.717, 1.165) is 40.9 Å². The molecule has 5 unspecified atom stereocenters. The van der Waals surface area contributed by atoms with Gasteiger partial charge in [-0.05, 0) is 74.5 Å². The van der Waals surface area contributed by atoms with Gasteiger partial charge in [-0.25, -0.2) is 0 Å². The fourth-order valence-electron chi connectivity index (χ4n) is 5.74. The number of hydrogen-bond donors (Lipinski definition) is 1. The lowest BCUT2D eigenvalue weighted by Gasteiger charge is -2.17. The monoisotopic (exact) mass is 281 g/mol. The normalized spacial score (nSPS) is 37.9. The molecule has 1 aromatic carbocycles.